The van der Waals surface area contributed by atoms with Crippen molar-refractivity contribution in [2.75, 3.05) is 6.54 Å². The van der Waals surface area contributed by atoms with Gasteiger partial charge in [0, 0.05) is 13.1 Å². The normalized spacial score (nSPS) is 18.7. The third kappa shape index (κ3) is 1.66. The highest BCUT2D eigenvalue weighted by atomic mass is 15.3. The molecule has 1 aliphatic heterocycles. The van der Waals surface area contributed by atoms with E-state index in [1.54, 1.807) is 0 Å². The Balaban J connectivity index is 2.16. The molecule has 1 aromatic heterocycles. The van der Waals surface area contributed by atoms with Crippen LogP contribution in [0.15, 0.2) is 24.4 Å². The molecule has 0 bridgehead atoms. The summed E-state index contributed by atoms with van der Waals surface area (Å²) in [5, 5.41) is 8.06. The molecule has 3 rings (SSSR count). The highest BCUT2D eigenvalue weighted by molar-refractivity contribution is 5.46. The molecule has 3 nitrogen and oxygen atoms in total. The zero-order valence-corrected chi connectivity index (χ0v) is 11.2. The van der Waals surface area contributed by atoms with Gasteiger partial charge in [-0.25, -0.2) is 4.68 Å². The van der Waals surface area contributed by atoms with Crippen molar-refractivity contribution in [3.63, 3.8) is 0 Å². The maximum Gasteiger partial charge on any atom is 0.0681 e. The highest BCUT2D eigenvalue weighted by Crippen LogP contribution is 2.27. The summed E-state index contributed by atoms with van der Waals surface area (Å²) >= 11 is 0. The monoisotopic (exact) mass is 241 g/mol. The van der Waals surface area contributed by atoms with Crippen molar-refractivity contribution in [2.45, 2.75) is 33.2 Å². The van der Waals surface area contributed by atoms with Crippen LogP contribution in [-0.2, 0) is 6.54 Å². The molecular formula is C15H19N3. The summed E-state index contributed by atoms with van der Waals surface area (Å²) in [4.78, 5) is 0. The van der Waals surface area contributed by atoms with E-state index in [9.17, 15) is 0 Å². The SMILES string of the molecule is Cc1cccc(-n2ncc3c2CNCC3C)c1C. The Morgan fingerprint density at radius 1 is 1.33 bits per heavy atom. The molecule has 0 amide bonds. The van der Waals surface area contributed by atoms with Gasteiger partial charge in [-0.3, -0.25) is 0 Å². The van der Waals surface area contributed by atoms with Crippen LogP contribution in [-0.4, -0.2) is 16.3 Å². The molecular weight excluding hydrogens is 222 g/mol. The Kier molecular flexibility index (Phi) is 2.71. The topological polar surface area (TPSA) is 29.9 Å². The van der Waals surface area contributed by atoms with Gasteiger partial charge in [0.1, 0.15) is 0 Å². The van der Waals surface area contributed by atoms with E-state index >= 15 is 0 Å². The summed E-state index contributed by atoms with van der Waals surface area (Å²) < 4.78 is 2.10. The third-order valence-corrected chi connectivity index (χ3v) is 3.98. The Hall–Kier alpha value is -1.61. The van der Waals surface area contributed by atoms with Crippen molar-refractivity contribution >= 4 is 0 Å². The van der Waals surface area contributed by atoms with Crippen LogP contribution in [0.5, 0.6) is 0 Å². The Bertz CT molecular complexity index is 583. The van der Waals surface area contributed by atoms with Crippen molar-refractivity contribution in [3.8, 4) is 5.69 Å². The number of hydrogen-bond acceptors (Lipinski definition) is 2. The van der Waals surface area contributed by atoms with Crippen LogP contribution in [0.4, 0.5) is 0 Å². The number of aromatic nitrogens is 2. The lowest BCUT2D eigenvalue weighted by Crippen LogP contribution is -2.27. The molecule has 18 heavy (non-hydrogen) atoms. The summed E-state index contributed by atoms with van der Waals surface area (Å²) in [6.45, 7) is 8.52. The van der Waals surface area contributed by atoms with Gasteiger partial charge in [-0.05, 0) is 42.5 Å². The minimum absolute atomic E-state index is 0.549. The molecule has 2 aromatic rings. The molecule has 0 aliphatic carbocycles. The van der Waals surface area contributed by atoms with Crippen LogP contribution in [0.3, 0.4) is 0 Å². The molecule has 1 aromatic carbocycles. The average Bonchev–Trinajstić information content (AvgIpc) is 2.78. The van der Waals surface area contributed by atoms with Gasteiger partial charge in [0.05, 0.1) is 17.6 Å². The first-order valence-corrected chi connectivity index (χ1v) is 6.52. The molecule has 94 valence electrons. The number of hydrogen-bond donors (Lipinski definition) is 1. The maximum atomic E-state index is 4.60. The largest absolute Gasteiger partial charge is 0.311 e. The second-order valence-corrected chi connectivity index (χ2v) is 5.21. The van der Waals surface area contributed by atoms with Gasteiger partial charge in [-0.1, -0.05) is 19.1 Å². The van der Waals surface area contributed by atoms with E-state index < -0.39 is 0 Å². The lowest BCUT2D eigenvalue weighted by molar-refractivity contribution is 0.554. The molecule has 0 spiro atoms. The van der Waals surface area contributed by atoms with Gasteiger partial charge in [-0.2, -0.15) is 5.10 Å². The van der Waals surface area contributed by atoms with Gasteiger partial charge in [0.2, 0.25) is 0 Å². The van der Waals surface area contributed by atoms with Crippen molar-refractivity contribution < 1.29 is 0 Å². The van der Waals surface area contributed by atoms with Crippen LogP contribution >= 0.6 is 0 Å². The fourth-order valence-electron chi connectivity index (χ4n) is 2.66. The minimum atomic E-state index is 0.549. The second kappa shape index (κ2) is 4.25. The molecule has 1 N–H and O–H groups in total. The Morgan fingerprint density at radius 3 is 3.00 bits per heavy atom. The highest BCUT2D eigenvalue weighted by Gasteiger charge is 2.21. The van der Waals surface area contributed by atoms with Crippen molar-refractivity contribution in [1.29, 1.82) is 0 Å². The first-order chi connectivity index (χ1) is 8.68. The van der Waals surface area contributed by atoms with Gasteiger partial charge >= 0.3 is 0 Å². The van der Waals surface area contributed by atoms with E-state index in [1.807, 2.05) is 6.20 Å². The predicted molar refractivity (Wildman–Crippen MR) is 73.2 cm³/mol. The number of rotatable bonds is 1. The molecule has 0 fully saturated rings. The Labute approximate surface area is 108 Å². The second-order valence-electron chi connectivity index (χ2n) is 5.21. The van der Waals surface area contributed by atoms with Crippen LogP contribution < -0.4 is 5.32 Å². The third-order valence-electron chi connectivity index (χ3n) is 3.98. The van der Waals surface area contributed by atoms with Crippen molar-refractivity contribution in [2.24, 2.45) is 0 Å². The zero-order valence-electron chi connectivity index (χ0n) is 11.2. The van der Waals surface area contributed by atoms with Gasteiger partial charge in [0.25, 0.3) is 0 Å². The van der Waals surface area contributed by atoms with E-state index in [0.717, 1.165) is 13.1 Å². The zero-order chi connectivity index (χ0) is 12.7. The number of nitrogens with zero attached hydrogens (tertiary/aromatic N) is 2. The molecule has 1 atom stereocenters. The summed E-state index contributed by atoms with van der Waals surface area (Å²) in [5.74, 6) is 0.549. The molecule has 1 aliphatic rings. The van der Waals surface area contributed by atoms with Crippen molar-refractivity contribution in [3.05, 3.63) is 46.8 Å². The number of benzene rings is 1. The average molecular weight is 241 g/mol. The van der Waals surface area contributed by atoms with E-state index in [0.29, 0.717) is 5.92 Å². The van der Waals surface area contributed by atoms with Gasteiger partial charge in [-0.15, -0.1) is 0 Å². The molecule has 0 radical (unpaired) electrons. The van der Waals surface area contributed by atoms with Crippen LogP contribution in [0.2, 0.25) is 0 Å². The first kappa shape index (κ1) is 11.5. The van der Waals surface area contributed by atoms with E-state index in [-0.39, 0.29) is 0 Å². The van der Waals surface area contributed by atoms with Gasteiger partial charge in [0.15, 0.2) is 0 Å². The molecule has 3 heteroatoms. The molecule has 2 heterocycles. The summed E-state index contributed by atoms with van der Waals surface area (Å²) in [5.41, 5.74) is 6.51. The first-order valence-electron chi connectivity index (χ1n) is 6.52. The van der Waals surface area contributed by atoms with E-state index in [2.05, 4.69) is 54.1 Å². The van der Waals surface area contributed by atoms with Crippen LogP contribution in [0.25, 0.3) is 5.69 Å². The summed E-state index contributed by atoms with van der Waals surface area (Å²) in [6, 6.07) is 6.40. The molecule has 0 saturated heterocycles. The maximum absolute atomic E-state index is 4.60. The van der Waals surface area contributed by atoms with Crippen LogP contribution in [0.1, 0.15) is 35.2 Å². The fourth-order valence-corrected chi connectivity index (χ4v) is 2.66. The minimum Gasteiger partial charge on any atom is -0.311 e. The lowest BCUT2D eigenvalue weighted by Gasteiger charge is -2.21. The standard InChI is InChI=1S/C15H19N3/c1-10-5-4-6-14(12(10)3)18-15-9-16-7-11(2)13(15)8-17-18/h4-6,8,11,16H,7,9H2,1-3H3. The number of aryl methyl sites for hydroxylation is 1. The quantitative estimate of drug-likeness (QED) is 0.832. The van der Waals surface area contributed by atoms with Crippen molar-refractivity contribution in [1.82, 2.24) is 15.1 Å². The Morgan fingerprint density at radius 2 is 2.17 bits per heavy atom. The molecule has 1 unspecified atom stereocenters. The lowest BCUT2D eigenvalue weighted by atomic mass is 9.98. The number of nitrogens with one attached hydrogen (secondary N) is 1. The summed E-state index contributed by atoms with van der Waals surface area (Å²) in [6.07, 6.45) is 2.03. The van der Waals surface area contributed by atoms with E-state index in [4.69, 9.17) is 0 Å². The fraction of sp³-hybridized carbons (Fsp3) is 0.400. The number of fused-ring (bicyclic) bond motifs is 1. The smallest absolute Gasteiger partial charge is 0.0681 e. The predicted octanol–water partition coefficient (Wildman–Crippen LogP) is 2.70. The van der Waals surface area contributed by atoms with Crippen LogP contribution in [0, 0.1) is 13.8 Å². The summed E-state index contributed by atoms with van der Waals surface area (Å²) in [7, 11) is 0. The molecule has 0 saturated carbocycles. The van der Waals surface area contributed by atoms with Gasteiger partial charge < -0.3 is 5.32 Å². The van der Waals surface area contributed by atoms with E-state index in [1.165, 1.54) is 28.1 Å².